The zero-order chi connectivity index (χ0) is 27.0. The largest absolute Gasteiger partial charge is 0.507 e. The Labute approximate surface area is 222 Å². The Morgan fingerprint density at radius 1 is 1.03 bits per heavy atom. The van der Waals surface area contributed by atoms with Crippen LogP contribution in [0.4, 0.5) is 5.69 Å². The molecular formula is C30H36N2O6. The molecule has 3 saturated carbocycles. The van der Waals surface area contributed by atoms with Crippen molar-refractivity contribution in [3.8, 4) is 5.75 Å². The first-order valence-corrected chi connectivity index (χ1v) is 14.0. The smallest absolute Gasteiger partial charge is 0.177 e. The molecule has 5 aliphatic rings. The van der Waals surface area contributed by atoms with Crippen LogP contribution in [0.5, 0.6) is 5.75 Å². The number of hydrogen-bond donors (Lipinski definition) is 1. The summed E-state index contributed by atoms with van der Waals surface area (Å²) in [7, 11) is 3.91. The van der Waals surface area contributed by atoms with Gasteiger partial charge in [0.25, 0.3) is 0 Å². The van der Waals surface area contributed by atoms with E-state index in [0.717, 1.165) is 48.7 Å². The van der Waals surface area contributed by atoms with E-state index in [2.05, 4.69) is 4.90 Å². The van der Waals surface area contributed by atoms with Gasteiger partial charge in [0.05, 0.1) is 17.4 Å². The molecule has 0 spiro atoms. The summed E-state index contributed by atoms with van der Waals surface area (Å²) in [5.74, 6) is -6.20. The number of carbonyl (C=O) groups is 5. The van der Waals surface area contributed by atoms with Crippen molar-refractivity contribution in [2.45, 2.75) is 57.9 Å². The van der Waals surface area contributed by atoms with Crippen molar-refractivity contribution >= 4 is 34.6 Å². The van der Waals surface area contributed by atoms with Crippen LogP contribution in [0.1, 0.15) is 73.0 Å². The number of rotatable bonds is 5. The summed E-state index contributed by atoms with van der Waals surface area (Å²) in [4.78, 5) is 69.9. The number of phenols is 1. The molecule has 6 atom stereocenters. The number of phenolic OH excluding ortho intramolecular Hbond substituents is 1. The Bertz CT molecular complexity index is 1260. The number of hydrogen-bond acceptors (Lipinski definition) is 8. The fourth-order valence-corrected chi connectivity index (χ4v) is 8.02. The second-order valence-electron chi connectivity index (χ2n) is 12.5. The number of anilines is 1. The van der Waals surface area contributed by atoms with E-state index in [0.29, 0.717) is 12.8 Å². The maximum atomic E-state index is 13.9. The molecular weight excluding hydrogens is 484 g/mol. The van der Waals surface area contributed by atoms with E-state index in [4.69, 9.17) is 0 Å². The molecule has 202 valence electrons. The predicted octanol–water partition coefficient (Wildman–Crippen LogP) is 2.93. The van der Waals surface area contributed by atoms with Crippen LogP contribution in [0, 0.1) is 35.5 Å². The lowest BCUT2D eigenvalue weighted by atomic mass is 9.55. The van der Waals surface area contributed by atoms with Crippen LogP contribution in [0.25, 0.3) is 0 Å². The average molecular weight is 521 g/mol. The molecule has 1 heterocycles. The molecule has 6 unspecified atom stereocenters. The van der Waals surface area contributed by atoms with Crippen molar-refractivity contribution in [1.29, 1.82) is 0 Å². The summed E-state index contributed by atoms with van der Waals surface area (Å²) < 4.78 is 0. The third kappa shape index (κ3) is 3.86. The lowest BCUT2D eigenvalue weighted by Gasteiger charge is -2.45. The number of fused-ring (bicyclic) bond motifs is 3. The molecule has 0 bridgehead atoms. The van der Waals surface area contributed by atoms with Gasteiger partial charge in [-0.15, -0.1) is 0 Å². The molecule has 4 fully saturated rings. The summed E-state index contributed by atoms with van der Waals surface area (Å²) in [5, 5.41) is 11.2. The van der Waals surface area contributed by atoms with E-state index >= 15 is 0 Å². The quantitative estimate of drug-likeness (QED) is 0.590. The van der Waals surface area contributed by atoms with E-state index in [1.807, 2.05) is 19.0 Å². The van der Waals surface area contributed by atoms with Crippen molar-refractivity contribution < 1.29 is 29.1 Å². The first kappa shape index (κ1) is 25.4. The highest BCUT2D eigenvalue weighted by Crippen LogP contribution is 2.52. The standard InChI is InChI=1S/C30H36N2O6/c1-14(33)23-21(34)11-17-9-16-10-19-26(30(38)24(16)29(37)25(17)28(23)36)22(35)12-18(27(19)31(2)3)20-5-4-8-32(20)13-15-6-7-15/h12,15-17,20,23-25,35H,4-11,13H2,1-3H3. The second kappa shape index (κ2) is 9.11. The van der Waals surface area contributed by atoms with Crippen LogP contribution in [-0.4, -0.2) is 66.1 Å². The summed E-state index contributed by atoms with van der Waals surface area (Å²) >= 11 is 0. The Morgan fingerprint density at radius 3 is 2.39 bits per heavy atom. The minimum atomic E-state index is -1.40. The number of Topliss-reactive ketones (excluding diaryl/α,β-unsaturated/α-hetero) is 5. The molecule has 8 nitrogen and oxygen atoms in total. The minimum absolute atomic E-state index is 0.0146. The summed E-state index contributed by atoms with van der Waals surface area (Å²) in [6.45, 7) is 3.28. The van der Waals surface area contributed by atoms with E-state index in [1.54, 1.807) is 6.07 Å². The van der Waals surface area contributed by atoms with Crippen LogP contribution in [0.2, 0.25) is 0 Å². The number of ketones is 5. The van der Waals surface area contributed by atoms with E-state index in [9.17, 15) is 29.1 Å². The zero-order valence-corrected chi connectivity index (χ0v) is 22.4. The number of likely N-dealkylation sites (tertiary alicyclic amines) is 1. The van der Waals surface area contributed by atoms with Gasteiger partial charge in [-0.1, -0.05) is 0 Å². The van der Waals surface area contributed by atoms with Gasteiger partial charge in [0, 0.05) is 38.8 Å². The number of aromatic hydroxyl groups is 1. The Balaban J connectivity index is 1.40. The third-order valence-electron chi connectivity index (χ3n) is 9.71. The van der Waals surface area contributed by atoms with Gasteiger partial charge < -0.3 is 10.0 Å². The molecule has 6 rings (SSSR count). The van der Waals surface area contributed by atoms with Gasteiger partial charge in [-0.3, -0.25) is 28.9 Å². The summed E-state index contributed by atoms with van der Waals surface area (Å²) in [5.41, 5.74) is 2.94. The molecule has 1 saturated heterocycles. The van der Waals surface area contributed by atoms with Crippen molar-refractivity contribution in [3.05, 3.63) is 22.8 Å². The van der Waals surface area contributed by atoms with Crippen molar-refractivity contribution in [2.75, 3.05) is 32.1 Å². The second-order valence-corrected chi connectivity index (χ2v) is 12.5. The molecule has 38 heavy (non-hydrogen) atoms. The average Bonchev–Trinajstić information content (AvgIpc) is 3.52. The molecule has 1 aromatic rings. The van der Waals surface area contributed by atoms with Crippen LogP contribution in [0.3, 0.4) is 0 Å². The number of carbonyl (C=O) groups excluding carboxylic acids is 5. The third-order valence-corrected chi connectivity index (χ3v) is 9.71. The summed E-state index contributed by atoms with van der Waals surface area (Å²) in [6, 6.07) is 1.90. The van der Waals surface area contributed by atoms with Gasteiger partial charge in [-0.2, -0.15) is 0 Å². The molecule has 0 radical (unpaired) electrons. The molecule has 8 heteroatoms. The van der Waals surface area contributed by atoms with Gasteiger partial charge >= 0.3 is 0 Å². The van der Waals surface area contributed by atoms with Crippen LogP contribution in [-0.2, 0) is 25.6 Å². The minimum Gasteiger partial charge on any atom is -0.507 e. The lowest BCUT2D eigenvalue weighted by Crippen LogP contribution is -2.55. The highest BCUT2D eigenvalue weighted by Gasteiger charge is 2.57. The van der Waals surface area contributed by atoms with Gasteiger partial charge in [0.15, 0.2) is 23.1 Å². The maximum absolute atomic E-state index is 13.9. The van der Waals surface area contributed by atoms with Crippen molar-refractivity contribution in [1.82, 2.24) is 4.90 Å². The van der Waals surface area contributed by atoms with Crippen LogP contribution >= 0.6 is 0 Å². The van der Waals surface area contributed by atoms with E-state index < -0.39 is 52.6 Å². The van der Waals surface area contributed by atoms with Crippen molar-refractivity contribution in [2.24, 2.45) is 35.5 Å². The van der Waals surface area contributed by atoms with Gasteiger partial charge in [0.1, 0.15) is 17.5 Å². The SMILES string of the molecule is CC(=O)C1C(=O)CC2CC3Cc4c(c(O)cc(C5CCCN5CC5CC5)c4N(C)C)C(=O)C3C(=O)C2C1=O. The Hall–Kier alpha value is -2.87. The molecule has 0 amide bonds. The van der Waals surface area contributed by atoms with E-state index in [1.165, 1.54) is 19.8 Å². The predicted molar refractivity (Wildman–Crippen MR) is 139 cm³/mol. The topological polar surface area (TPSA) is 112 Å². The van der Waals surface area contributed by atoms with Gasteiger partial charge in [-0.05, 0) is 86.9 Å². The fourth-order valence-electron chi connectivity index (χ4n) is 8.02. The van der Waals surface area contributed by atoms with Gasteiger partial charge in [0.2, 0.25) is 0 Å². The normalized spacial score (nSPS) is 33.1. The Morgan fingerprint density at radius 2 is 1.74 bits per heavy atom. The van der Waals surface area contributed by atoms with E-state index in [-0.39, 0.29) is 29.7 Å². The highest BCUT2D eigenvalue weighted by atomic mass is 16.3. The fraction of sp³-hybridized carbons (Fsp3) is 0.633. The van der Waals surface area contributed by atoms with Gasteiger partial charge in [-0.25, -0.2) is 0 Å². The van der Waals surface area contributed by atoms with Crippen LogP contribution in [0.15, 0.2) is 6.07 Å². The highest BCUT2D eigenvalue weighted by molar-refractivity contribution is 6.28. The molecule has 0 aromatic heterocycles. The van der Waals surface area contributed by atoms with Crippen molar-refractivity contribution in [3.63, 3.8) is 0 Å². The summed E-state index contributed by atoms with van der Waals surface area (Å²) in [6.07, 6.45) is 5.48. The zero-order valence-electron chi connectivity index (χ0n) is 22.4. The molecule has 1 aromatic carbocycles. The monoisotopic (exact) mass is 520 g/mol. The molecule has 1 aliphatic heterocycles. The first-order valence-electron chi connectivity index (χ1n) is 14.0. The van der Waals surface area contributed by atoms with Crippen LogP contribution < -0.4 is 4.90 Å². The molecule has 1 N–H and O–H groups in total. The number of benzene rings is 1. The lowest BCUT2D eigenvalue weighted by molar-refractivity contribution is -0.152. The number of nitrogens with zero attached hydrogens (tertiary/aromatic N) is 2. The molecule has 4 aliphatic carbocycles. The maximum Gasteiger partial charge on any atom is 0.177 e. The first-order chi connectivity index (χ1) is 18.1. The Kier molecular flexibility index (Phi) is 6.09.